The highest BCUT2D eigenvalue weighted by atomic mass is 16.2. The number of rotatable bonds is 4. The van der Waals surface area contributed by atoms with Gasteiger partial charge in [-0.3, -0.25) is 19.2 Å². The molecule has 2 amide bonds. The van der Waals surface area contributed by atoms with Crippen LogP contribution in [0, 0.1) is 0 Å². The van der Waals surface area contributed by atoms with Crippen molar-refractivity contribution in [3.63, 3.8) is 0 Å². The maximum atomic E-state index is 13.2. The second-order valence-corrected chi connectivity index (χ2v) is 7.99. The fourth-order valence-electron chi connectivity index (χ4n) is 4.47. The van der Waals surface area contributed by atoms with Crippen molar-refractivity contribution in [2.45, 2.75) is 51.5 Å². The van der Waals surface area contributed by atoms with Gasteiger partial charge in [0, 0.05) is 51.7 Å². The van der Waals surface area contributed by atoms with Crippen molar-refractivity contribution >= 4 is 11.8 Å². The molecule has 7 heteroatoms. The minimum atomic E-state index is -0.113. The predicted molar refractivity (Wildman–Crippen MR) is 105 cm³/mol. The van der Waals surface area contributed by atoms with Crippen LogP contribution in [0.2, 0.25) is 0 Å². The Balaban J connectivity index is 1.78. The lowest BCUT2D eigenvalue weighted by molar-refractivity contribution is -0.130. The Morgan fingerprint density at radius 3 is 2.67 bits per heavy atom. The molecule has 0 N–H and O–H groups in total. The van der Waals surface area contributed by atoms with Gasteiger partial charge < -0.3 is 9.80 Å². The lowest BCUT2D eigenvalue weighted by atomic mass is 9.86. The maximum Gasteiger partial charge on any atom is 0.272 e. The zero-order valence-electron chi connectivity index (χ0n) is 17.2. The molecule has 0 bridgehead atoms. The van der Waals surface area contributed by atoms with Crippen LogP contribution >= 0.6 is 0 Å². The Labute approximate surface area is 162 Å². The third-order valence-corrected chi connectivity index (χ3v) is 6.33. The Morgan fingerprint density at radius 1 is 1.19 bits per heavy atom. The quantitative estimate of drug-likeness (QED) is 0.801. The summed E-state index contributed by atoms with van der Waals surface area (Å²) in [6.07, 6.45) is 4.20. The molecule has 1 aromatic heterocycles. The summed E-state index contributed by atoms with van der Waals surface area (Å²) in [5.74, 6) is 0.296. The Kier molecular flexibility index (Phi) is 5.89. The highest BCUT2D eigenvalue weighted by Gasteiger charge is 2.43. The summed E-state index contributed by atoms with van der Waals surface area (Å²) >= 11 is 0. The minimum Gasteiger partial charge on any atom is -0.343 e. The van der Waals surface area contributed by atoms with Gasteiger partial charge in [-0.2, -0.15) is 5.10 Å². The number of aryl methyl sites for hydroxylation is 2. The van der Waals surface area contributed by atoms with Gasteiger partial charge >= 0.3 is 0 Å². The SMILES string of the molecule is CCCc1cc(C(=O)N2CCN(C)[C@]3(CCC(=O)N(CC)CC3)C2)n(C)n1. The van der Waals surface area contributed by atoms with E-state index in [1.807, 2.05) is 29.8 Å². The third-order valence-electron chi connectivity index (χ3n) is 6.33. The van der Waals surface area contributed by atoms with Gasteiger partial charge in [0.2, 0.25) is 5.91 Å². The number of aromatic nitrogens is 2. The lowest BCUT2D eigenvalue weighted by Gasteiger charge is -2.49. The number of nitrogens with zero attached hydrogens (tertiary/aromatic N) is 5. The number of hydrogen-bond acceptors (Lipinski definition) is 4. The van der Waals surface area contributed by atoms with Gasteiger partial charge in [-0.1, -0.05) is 13.3 Å². The van der Waals surface area contributed by atoms with Crippen LogP contribution in [0.3, 0.4) is 0 Å². The number of likely N-dealkylation sites (tertiary alicyclic amines) is 1. The molecule has 2 aliphatic heterocycles. The molecule has 1 spiro atoms. The first kappa shape index (κ1) is 19.9. The molecular weight excluding hydrogens is 342 g/mol. The van der Waals surface area contributed by atoms with Crippen molar-refractivity contribution in [3.8, 4) is 0 Å². The van der Waals surface area contributed by atoms with Crippen molar-refractivity contribution in [3.05, 3.63) is 17.5 Å². The molecule has 3 rings (SSSR count). The second kappa shape index (κ2) is 8.00. The molecule has 0 aromatic carbocycles. The molecule has 3 heterocycles. The number of carbonyl (C=O) groups excluding carboxylic acids is 2. The van der Waals surface area contributed by atoms with Crippen molar-refractivity contribution in [1.82, 2.24) is 24.5 Å². The van der Waals surface area contributed by atoms with Gasteiger partial charge in [0.05, 0.1) is 5.69 Å². The van der Waals surface area contributed by atoms with Gasteiger partial charge in [-0.15, -0.1) is 0 Å². The largest absolute Gasteiger partial charge is 0.343 e. The summed E-state index contributed by atoms with van der Waals surface area (Å²) in [5, 5.41) is 4.49. The fourth-order valence-corrected chi connectivity index (χ4v) is 4.47. The molecule has 1 aromatic rings. The average Bonchev–Trinajstić information content (AvgIpc) is 2.93. The number of carbonyl (C=O) groups is 2. The molecule has 0 radical (unpaired) electrons. The van der Waals surface area contributed by atoms with Crippen LogP contribution in [0.4, 0.5) is 0 Å². The summed E-state index contributed by atoms with van der Waals surface area (Å²) in [4.78, 5) is 31.8. The fraction of sp³-hybridized carbons (Fsp3) is 0.750. The first-order valence-electron chi connectivity index (χ1n) is 10.2. The molecule has 7 nitrogen and oxygen atoms in total. The number of likely N-dealkylation sites (N-methyl/N-ethyl adjacent to an activating group) is 1. The van der Waals surface area contributed by atoms with Crippen LogP contribution in [-0.2, 0) is 18.3 Å². The molecule has 0 saturated carbocycles. The number of amides is 2. The third kappa shape index (κ3) is 3.88. The molecule has 0 unspecified atom stereocenters. The lowest BCUT2D eigenvalue weighted by Crippen LogP contribution is -2.62. The zero-order valence-corrected chi connectivity index (χ0v) is 17.2. The topological polar surface area (TPSA) is 61.7 Å². The van der Waals surface area contributed by atoms with Crippen LogP contribution < -0.4 is 0 Å². The molecule has 150 valence electrons. The summed E-state index contributed by atoms with van der Waals surface area (Å²) in [6.45, 7) is 7.93. The minimum absolute atomic E-state index is 0.0581. The molecule has 0 aliphatic carbocycles. The van der Waals surface area contributed by atoms with E-state index in [0.717, 1.165) is 57.6 Å². The van der Waals surface area contributed by atoms with Crippen molar-refractivity contribution in [2.24, 2.45) is 7.05 Å². The summed E-state index contributed by atoms with van der Waals surface area (Å²) in [6, 6.07) is 1.94. The van der Waals surface area contributed by atoms with Gasteiger partial charge in [-0.05, 0) is 39.3 Å². The van der Waals surface area contributed by atoms with Gasteiger partial charge in [-0.25, -0.2) is 0 Å². The van der Waals surface area contributed by atoms with Crippen LogP contribution in [0.15, 0.2) is 6.07 Å². The van der Waals surface area contributed by atoms with E-state index in [0.29, 0.717) is 18.7 Å². The van der Waals surface area contributed by atoms with Crippen molar-refractivity contribution in [1.29, 1.82) is 0 Å². The first-order chi connectivity index (χ1) is 12.9. The monoisotopic (exact) mass is 375 g/mol. The zero-order chi connectivity index (χ0) is 19.6. The Hall–Kier alpha value is -1.89. The molecule has 2 aliphatic rings. The molecular formula is C20H33N5O2. The highest BCUT2D eigenvalue weighted by Crippen LogP contribution is 2.32. The van der Waals surface area contributed by atoms with E-state index in [9.17, 15) is 9.59 Å². The smallest absolute Gasteiger partial charge is 0.272 e. The first-order valence-corrected chi connectivity index (χ1v) is 10.2. The summed E-state index contributed by atoms with van der Waals surface area (Å²) in [5.41, 5.74) is 1.53. The summed E-state index contributed by atoms with van der Waals surface area (Å²) < 4.78 is 1.72. The predicted octanol–water partition coefficient (Wildman–Crippen LogP) is 1.53. The van der Waals surface area contributed by atoms with E-state index in [1.165, 1.54) is 0 Å². The van der Waals surface area contributed by atoms with Gasteiger partial charge in [0.1, 0.15) is 5.69 Å². The van der Waals surface area contributed by atoms with Gasteiger partial charge in [0.25, 0.3) is 5.91 Å². The van der Waals surface area contributed by atoms with E-state index in [2.05, 4.69) is 24.0 Å². The van der Waals surface area contributed by atoms with E-state index >= 15 is 0 Å². The average molecular weight is 376 g/mol. The number of piperazine rings is 1. The molecule has 2 saturated heterocycles. The van der Waals surface area contributed by atoms with E-state index in [-0.39, 0.29) is 17.4 Å². The maximum absolute atomic E-state index is 13.2. The highest BCUT2D eigenvalue weighted by molar-refractivity contribution is 5.93. The van der Waals surface area contributed by atoms with Crippen LogP contribution in [0.25, 0.3) is 0 Å². The Bertz CT molecular complexity index is 701. The standard InChI is InChI=1S/C20H33N5O2/c1-5-7-16-14-17(23(4)21-16)19(27)25-13-12-22(3)20(15-25)9-8-18(26)24(6-2)11-10-20/h14H,5-13,15H2,1-4H3/t20-/m0/s1. The Morgan fingerprint density at radius 2 is 1.96 bits per heavy atom. The second-order valence-electron chi connectivity index (χ2n) is 7.99. The van der Waals surface area contributed by atoms with Crippen LogP contribution in [0.1, 0.15) is 55.7 Å². The van der Waals surface area contributed by atoms with Crippen LogP contribution in [-0.4, -0.2) is 81.6 Å². The van der Waals surface area contributed by atoms with E-state index < -0.39 is 0 Å². The number of hydrogen-bond donors (Lipinski definition) is 0. The molecule has 27 heavy (non-hydrogen) atoms. The molecule has 2 fully saturated rings. The van der Waals surface area contributed by atoms with E-state index in [4.69, 9.17) is 0 Å². The van der Waals surface area contributed by atoms with E-state index in [1.54, 1.807) is 4.68 Å². The van der Waals surface area contributed by atoms with Crippen molar-refractivity contribution in [2.75, 3.05) is 39.8 Å². The van der Waals surface area contributed by atoms with Crippen molar-refractivity contribution < 1.29 is 9.59 Å². The normalized spacial score (nSPS) is 24.5. The van der Waals surface area contributed by atoms with Crippen LogP contribution in [0.5, 0.6) is 0 Å². The molecule has 1 atom stereocenters. The summed E-state index contributed by atoms with van der Waals surface area (Å²) in [7, 11) is 3.99. The van der Waals surface area contributed by atoms with Gasteiger partial charge in [0.15, 0.2) is 0 Å².